The number of carbonyl (C=O) groups excluding carboxylic acids is 1. The fraction of sp³-hybridized carbons (Fsp3) is 0.278. The van der Waals surface area contributed by atoms with E-state index in [1.807, 2.05) is 24.3 Å². The Morgan fingerprint density at radius 1 is 1.36 bits per heavy atom. The third-order valence-electron chi connectivity index (χ3n) is 4.15. The van der Waals surface area contributed by atoms with Crippen LogP contribution in [0.1, 0.15) is 15.9 Å². The standard InChI is InChI=1S/C18H18N2O5/c1-24-18(21)15-9-14(6-7-16(15)20(22)23)19-10-12-8-13-4-2-3-5-17(13)25-11-12/h2-7,9,12,19H,8,10-11H2,1H3. The van der Waals surface area contributed by atoms with E-state index in [2.05, 4.69) is 10.1 Å². The van der Waals surface area contributed by atoms with E-state index in [1.54, 1.807) is 6.07 Å². The molecule has 0 amide bonds. The number of benzene rings is 2. The summed E-state index contributed by atoms with van der Waals surface area (Å²) in [4.78, 5) is 22.2. The quantitative estimate of drug-likeness (QED) is 0.510. The zero-order chi connectivity index (χ0) is 17.8. The molecule has 7 heteroatoms. The van der Waals surface area contributed by atoms with Gasteiger partial charge in [-0.1, -0.05) is 18.2 Å². The van der Waals surface area contributed by atoms with E-state index in [9.17, 15) is 14.9 Å². The predicted molar refractivity (Wildman–Crippen MR) is 92.1 cm³/mol. The van der Waals surface area contributed by atoms with Crippen molar-refractivity contribution in [1.29, 1.82) is 0 Å². The molecule has 0 saturated carbocycles. The molecule has 25 heavy (non-hydrogen) atoms. The van der Waals surface area contributed by atoms with Crippen molar-refractivity contribution < 1.29 is 19.2 Å². The van der Waals surface area contributed by atoms with Gasteiger partial charge < -0.3 is 14.8 Å². The molecular formula is C18H18N2O5. The van der Waals surface area contributed by atoms with Crippen molar-refractivity contribution in [2.45, 2.75) is 6.42 Å². The zero-order valence-electron chi connectivity index (χ0n) is 13.7. The Morgan fingerprint density at radius 3 is 2.92 bits per heavy atom. The van der Waals surface area contributed by atoms with Gasteiger partial charge in [-0.2, -0.15) is 0 Å². The Kier molecular flexibility index (Phi) is 4.83. The van der Waals surface area contributed by atoms with Gasteiger partial charge in [0.25, 0.3) is 5.69 Å². The van der Waals surface area contributed by atoms with Gasteiger partial charge >= 0.3 is 5.97 Å². The number of fused-ring (bicyclic) bond motifs is 1. The molecule has 1 atom stereocenters. The van der Waals surface area contributed by atoms with Gasteiger partial charge in [-0.3, -0.25) is 10.1 Å². The summed E-state index contributed by atoms with van der Waals surface area (Å²) in [6.45, 7) is 1.23. The maximum Gasteiger partial charge on any atom is 0.344 e. The van der Waals surface area contributed by atoms with Crippen LogP contribution in [0, 0.1) is 16.0 Å². The number of carbonyl (C=O) groups is 1. The van der Waals surface area contributed by atoms with Crippen LogP contribution in [0.3, 0.4) is 0 Å². The van der Waals surface area contributed by atoms with Gasteiger partial charge in [0.1, 0.15) is 11.3 Å². The number of hydrogen-bond acceptors (Lipinski definition) is 6. The van der Waals surface area contributed by atoms with Crippen molar-refractivity contribution in [2.75, 3.05) is 25.6 Å². The van der Waals surface area contributed by atoms with Crippen LogP contribution in [0.5, 0.6) is 5.75 Å². The second-order valence-electron chi connectivity index (χ2n) is 5.85. The first kappa shape index (κ1) is 16.8. The second kappa shape index (κ2) is 7.21. The Labute approximate surface area is 144 Å². The fourth-order valence-electron chi connectivity index (χ4n) is 2.86. The lowest BCUT2D eigenvalue weighted by molar-refractivity contribution is -0.385. The van der Waals surface area contributed by atoms with E-state index >= 15 is 0 Å². The van der Waals surface area contributed by atoms with Crippen LogP contribution in [0.2, 0.25) is 0 Å². The number of esters is 1. The highest BCUT2D eigenvalue weighted by Crippen LogP contribution is 2.28. The number of anilines is 1. The topological polar surface area (TPSA) is 90.7 Å². The molecule has 1 unspecified atom stereocenters. The summed E-state index contributed by atoms with van der Waals surface area (Å²) in [5.74, 6) is 0.457. The van der Waals surface area contributed by atoms with Crippen molar-refractivity contribution in [1.82, 2.24) is 0 Å². The van der Waals surface area contributed by atoms with Gasteiger partial charge in [0.05, 0.1) is 18.6 Å². The molecular weight excluding hydrogens is 324 g/mol. The number of nitrogens with zero attached hydrogens (tertiary/aromatic N) is 1. The van der Waals surface area contributed by atoms with Gasteiger partial charge in [-0.15, -0.1) is 0 Å². The van der Waals surface area contributed by atoms with Crippen molar-refractivity contribution in [3.63, 3.8) is 0 Å². The van der Waals surface area contributed by atoms with Gasteiger partial charge in [0.2, 0.25) is 0 Å². The summed E-state index contributed by atoms with van der Waals surface area (Å²) >= 11 is 0. The first-order valence-corrected chi connectivity index (χ1v) is 7.90. The van der Waals surface area contributed by atoms with Crippen LogP contribution < -0.4 is 10.1 Å². The highest BCUT2D eigenvalue weighted by Gasteiger charge is 2.22. The number of nitrogens with one attached hydrogen (secondary N) is 1. The molecule has 1 aliphatic heterocycles. The highest BCUT2D eigenvalue weighted by molar-refractivity contribution is 5.95. The summed E-state index contributed by atoms with van der Waals surface area (Å²) in [6.07, 6.45) is 0.889. The third-order valence-corrected chi connectivity index (χ3v) is 4.15. The Bertz CT molecular complexity index is 806. The largest absolute Gasteiger partial charge is 0.493 e. The van der Waals surface area contributed by atoms with Crippen LogP contribution in [-0.4, -0.2) is 31.2 Å². The summed E-state index contributed by atoms with van der Waals surface area (Å²) in [5, 5.41) is 14.3. The summed E-state index contributed by atoms with van der Waals surface area (Å²) in [6, 6.07) is 12.3. The van der Waals surface area contributed by atoms with Crippen molar-refractivity contribution in [3.05, 3.63) is 63.7 Å². The minimum Gasteiger partial charge on any atom is -0.493 e. The number of nitro groups is 1. The second-order valence-corrected chi connectivity index (χ2v) is 5.85. The predicted octanol–water partition coefficient (Wildman–Crippen LogP) is 3.04. The van der Waals surface area contributed by atoms with E-state index in [0.717, 1.165) is 12.2 Å². The molecule has 0 saturated heterocycles. The first-order chi connectivity index (χ1) is 12.1. The van der Waals surface area contributed by atoms with E-state index in [1.165, 1.54) is 24.8 Å². The lowest BCUT2D eigenvalue weighted by atomic mass is 9.96. The van der Waals surface area contributed by atoms with Crippen molar-refractivity contribution >= 4 is 17.3 Å². The SMILES string of the molecule is COC(=O)c1cc(NCC2COc3ccccc3C2)ccc1[N+](=O)[O-]. The van der Waals surface area contributed by atoms with Crippen LogP contribution in [0.25, 0.3) is 0 Å². The molecule has 2 aromatic rings. The van der Waals surface area contributed by atoms with Gasteiger partial charge in [-0.25, -0.2) is 4.79 Å². The molecule has 1 heterocycles. The van der Waals surface area contributed by atoms with E-state index < -0.39 is 10.9 Å². The zero-order valence-corrected chi connectivity index (χ0v) is 13.7. The number of hydrogen-bond donors (Lipinski definition) is 1. The molecule has 7 nitrogen and oxygen atoms in total. The van der Waals surface area contributed by atoms with Crippen LogP contribution in [-0.2, 0) is 11.2 Å². The summed E-state index contributed by atoms with van der Waals surface area (Å²) in [7, 11) is 1.20. The molecule has 0 bridgehead atoms. The van der Waals surface area contributed by atoms with E-state index in [0.29, 0.717) is 18.8 Å². The lowest BCUT2D eigenvalue weighted by Crippen LogP contribution is -2.27. The molecule has 2 aromatic carbocycles. The fourth-order valence-corrected chi connectivity index (χ4v) is 2.86. The number of nitro benzene ring substituents is 1. The van der Waals surface area contributed by atoms with Crippen LogP contribution in [0.4, 0.5) is 11.4 Å². The Balaban J connectivity index is 1.69. The van der Waals surface area contributed by atoms with Crippen molar-refractivity contribution in [2.24, 2.45) is 5.92 Å². The first-order valence-electron chi connectivity index (χ1n) is 7.90. The molecule has 0 aliphatic carbocycles. The minimum absolute atomic E-state index is 0.0669. The monoisotopic (exact) mass is 342 g/mol. The summed E-state index contributed by atoms with van der Waals surface area (Å²) < 4.78 is 10.4. The Hall–Kier alpha value is -3.09. The van der Waals surface area contributed by atoms with E-state index in [4.69, 9.17) is 4.74 Å². The maximum absolute atomic E-state index is 11.8. The van der Waals surface area contributed by atoms with Gasteiger partial charge in [-0.05, 0) is 30.2 Å². The minimum atomic E-state index is -0.731. The highest BCUT2D eigenvalue weighted by atomic mass is 16.6. The van der Waals surface area contributed by atoms with Gasteiger partial charge in [0.15, 0.2) is 0 Å². The molecule has 0 fully saturated rings. The average molecular weight is 342 g/mol. The number of para-hydroxylation sites is 1. The molecule has 130 valence electrons. The number of ether oxygens (including phenoxy) is 2. The number of rotatable bonds is 5. The van der Waals surface area contributed by atoms with Crippen LogP contribution in [0.15, 0.2) is 42.5 Å². The normalized spacial score (nSPS) is 15.6. The molecule has 3 rings (SSSR count). The van der Waals surface area contributed by atoms with E-state index in [-0.39, 0.29) is 17.2 Å². The molecule has 0 radical (unpaired) electrons. The summed E-state index contributed by atoms with van der Waals surface area (Å²) in [5.41, 5.74) is 1.46. The lowest BCUT2D eigenvalue weighted by Gasteiger charge is -2.25. The van der Waals surface area contributed by atoms with Gasteiger partial charge in [0, 0.05) is 24.2 Å². The molecule has 1 aliphatic rings. The third kappa shape index (κ3) is 3.71. The molecule has 1 N–H and O–H groups in total. The number of methoxy groups -OCH3 is 1. The smallest absolute Gasteiger partial charge is 0.344 e. The molecule has 0 aromatic heterocycles. The molecule has 0 spiro atoms. The maximum atomic E-state index is 11.8. The van der Waals surface area contributed by atoms with Crippen molar-refractivity contribution in [3.8, 4) is 5.75 Å². The Morgan fingerprint density at radius 2 is 2.16 bits per heavy atom. The average Bonchev–Trinajstić information content (AvgIpc) is 2.65. The van der Waals surface area contributed by atoms with Crippen LogP contribution >= 0.6 is 0 Å².